The molecule has 0 aliphatic carbocycles. The van der Waals surface area contributed by atoms with Crippen molar-refractivity contribution in [1.82, 2.24) is 25.9 Å². The standard InChI is InChI=1S/C21H25N5O3S/c1-13(2)12-16(21(28)26(4)22-3)23-19(27)15-9-7-14(8-10-15)18-24-20(29-25-18)17-6-5-11-30-17/h5-11,13,16,22H,12H2,1-4H3,(H,23,27)/t16-/m0/s1. The lowest BCUT2D eigenvalue weighted by molar-refractivity contribution is -0.134. The van der Waals surface area contributed by atoms with E-state index >= 15 is 0 Å². The van der Waals surface area contributed by atoms with Crippen LogP contribution >= 0.6 is 11.3 Å². The number of likely N-dealkylation sites (N-methyl/N-ethyl adjacent to an activating group) is 1. The van der Waals surface area contributed by atoms with Gasteiger partial charge in [-0.15, -0.1) is 11.3 Å². The molecule has 0 saturated heterocycles. The molecule has 9 heteroatoms. The maximum atomic E-state index is 12.7. The summed E-state index contributed by atoms with van der Waals surface area (Å²) < 4.78 is 5.31. The van der Waals surface area contributed by atoms with Gasteiger partial charge in [-0.25, -0.2) is 5.43 Å². The average Bonchev–Trinajstić information content (AvgIpc) is 3.43. The van der Waals surface area contributed by atoms with Gasteiger partial charge in [0.2, 0.25) is 5.82 Å². The van der Waals surface area contributed by atoms with Gasteiger partial charge in [-0.3, -0.25) is 14.6 Å². The molecule has 0 fully saturated rings. The summed E-state index contributed by atoms with van der Waals surface area (Å²) in [5.41, 5.74) is 3.97. The van der Waals surface area contributed by atoms with Gasteiger partial charge < -0.3 is 9.84 Å². The van der Waals surface area contributed by atoms with Crippen LogP contribution in [0.2, 0.25) is 0 Å². The fourth-order valence-corrected chi connectivity index (χ4v) is 3.53. The maximum absolute atomic E-state index is 12.7. The zero-order valence-corrected chi connectivity index (χ0v) is 18.2. The molecule has 1 aromatic carbocycles. The van der Waals surface area contributed by atoms with E-state index in [0.717, 1.165) is 10.4 Å². The average molecular weight is 428 g/mol. The largest absolute Gasteiger partial charge is 0.340 e. The third-order valence-electron chi connectivity index (χ3n) is 4.54. The fraction of sp³-hybridized carbons (Fsp3) is 0.333. The Morgan fingerprint density at radius 3 is 2.53 bits per heavy atom. The van der Waals surface area contributed by atoms with E-state index in [1.165, 1.54) is 16.3 Å². The van der Waals surface area contributed by atoms with E-state index in [9.17, 15) is 9.59 Å². The maximum Gasteiger partial charge on any atom is 0.268 e. The number of aromatic nitrogens is 2. The number of carbonyl (C=O) groups excluding carboxylic acids is 2. The molecular weight excluding hydrogens is 402 g/mol. The summed E-state index contributed by atoms with van der Waals surface area (Å²) in [6, 6.07) is 10.1. The van der Waals surface area contributed by atoms with Gasteiger partial charge in [0.1, 0.15) is 6.04 Å². The molecule has 2 N–H and O–H groups in total. The molecule has 2 amide bonds. The molecule has 158 valence electrons. The summed E-state index contributed by atoms with van der Waals surface area (Å²) >= 11 is 1.52. The van der Waals surface area contributed by atoms with Crippen molar-refractivity contribution in [2.45, 2.75) is 26.3 Å². The molecule has 0 unspecified atom stereocenters. The summed E-state index contributed by atoms with van der Waals surface area (Å²) in [4.78, 5) is 30.6. The van der Waals surface area contributed by atoms with Crippen molar-refractivity contribution >= 4 is 23.2 Å². The zero-order valence-electron chi connectivity index (χ0n) is 17.4. The minimum Gasteiger partial charge on any atom is -0.340 e. The van der Waals surface area contributed by atoms with Gasteiger partial charge in [0.05, 0.1) is 4.88 Å². The molecule has 0 radical (unpaired) electrons. The van der Waals surface area contributed by atoms with E-state index in [1.807, 2.05) is 31.4 Å². The molecular formula is C21H25N5O3S. The van der Waals surface area contributed by atoms with Gasteiger partial charge in [-0.2, -0.15) is 4.98 Å². The number of nitrogens with one attached hydrogen (secondary N) is 2. The molecule has 0 aliphatic rings. The Bertz CT molecular complexity index is 983. The Kier molecular flexibility index (Phi) is 6.96. The molecule has 8 nitrogen and oxygen atoms in total. The molecule has 2 heterocycles. The third-order valence-corrected chi connectivity index (χ3v) is 5.40. The lowest BCUT2D eigenvalue weighted by atomic mass is 10.0. The monoisotopic (exact) mass is 427 g/mol. The highest BCUT2D eigenvalue weighted by Gasteiger charge is 2.25. The van der Waals surface area contributed by atoms with E-state index in [2.05, 4.69) is 20.9 Å². The second kappa shape index (κ2) is 9.64. The Labute approximate surface area is 179 Å². The van der Waals surface area contributed by atoms with Crippen LogP contribution in [0.3, 0.4) is 0 Å². The molecule has 0 aliphatic heterocycles. The molecule has 3 rings (SSSR count). The van der Waals surface area contributed by atoms with Crippen LogP contribution < -0.4 is 10.7 Å². The van der Waals surface area contributed by atoms with Crippen molar-refractivity contribution in [3.05, 3.63) is 47.3 Å². The topological polar surface area (TPSA) is 100 Å². The summed E-state index contributed by atoms with van der Waals surface area (Å²) in [5.74, 6) is 0.670. The number of nitrogens with zero attached hydrogens (tertiary/aromatic N) is 3. The number of amides is 2. The minimum absolute atomic E-state index is 0.191. The highest BCUT2D eigenvalue weighted by Crippen LogP contribution is 2.25. The van der Waals surface area contributed by atoms with Crippen LogP contribution in [0.15, 0.2) is 46.3 Å². The lowest BCUT2D eigenvalue weighted by Crippen LogP contribution is -2.51. The first-order valence-corrected chi connectivity index (χ1v) is 10.5. The predicted octanol–water partition coefficient (Wildman–Crippen LogP) is 3.20. The highest BCUT2D eigenvalue weighted by atomic mass is 32.1. The lowest BCUT2D eigenvalue weighted by Gasteiger charge is -2.25. The van der Waals surface area contributed by atoms with E-state index < -0.39 is 6.04 Å². The SMILES string of the molecule is CNN(C)C(=O)[C@H](CC(C)C)NC(=O)c1ccc(-c2noc(-c3cccs3)n2)cc1. The quantitative estimate of drug-likeness (QED) is 0.536. The number of hydrazine groups is 1. The third kappa shape index (κ3) is 5.11. The molecule has 3 aromatic rings. The minimum atomic E-state index is -0.611. The van der Waals surface area contributed by atoms with Crippen LogP contribution in [-0.2, 0) is 4.79 Å². The number of hydrogen-bond donors (Lipinski definition) is 2. The van der Waals surface area contributed by atoms with Gasteiger partial charge in [0.25, 0.3) is 17.7 Å². The number of thiophene rings is 1. The van der Waals surface area contributed by atoms with Crippen LogP contribution in [0.4, 0.5) is 0 Å². The predicted molar refractivity (Wildman–Crippen MR) is 116 cm³/mol. The molecule has 0 bridgehead atoms. The molecule has 1 atom stereocenters. The summed E-state index contributed by atoms with van der Waals surface area (Å²) in [7, 11) is 3.29. The van der Waals surface area contributed by atoms with Crippen LogP contribution in [0, 0.1) is 5.92 Å². The first-order chi connectivity index (χ1) is 14.4. The second-order valence-corrected chi connectivity index (χ2v) is 8.20. The van der Waals surface area contributed by atoms with Gasteiger partial charge in [-0.05, 0) is 35.9 Å². The molecule has 0 saturated carbocycles. The normalized spacial score (nSPS) is 12.0. The van der Waals surface area contributed by atoms with E-state index in [4.69, 9.17) is 4.52 Å². The summed E-state index contributed by atoms with van der Waals surface area (Å²) in [6.45, 7) is 4.02. The van der Waals surface area contributed by atoms with Crippen LogP contribution in [0.1, 0.15) is 30.6 Å². The van der Waals surface area contributed by atoms with Gasteiger partial charge in [0, 0.05) is 25.2 Å². The molecule has 2 aromatic heterocycles. The first-order valence-electron chi connectivity index (χ1n) is 9.63. The fourth-order valence-electron chi connectivity index (χ4n) is 2.89. The zero-order chi connectivity index (χ0) is 21.7. The van der Waals surface area contributed by atoms with E-state index in [1.54, 1.807) is 38.4 Å². The molecule has 30 heavy (non-hydrogen) atoms. The smallest absolute Gasteiger partial charge is 0.268 e. The van der Waals surface area contributed by atoms with Crippen LogP contribution in [0.25, 0.3) is 22.2 Å². The summed E-state index contributed by atoms with van der Waals surface area (Å²) in [5, 5.41) is 10.2. The van der Waals surface area contributed by atoms with Gasteiger partial charge in [0.15, 0.2) is 0 Å². The van der Waals surface area contributed by atoms with Gasteiger partial charge in [-0.1, -0.05) is 37.2 Å². The van der Waals surface area contributed by atoms with Crippen molar-refractivity contribution in [2.24, 2.45) is 5.92 Å². The molecule has 0 spiro atoms. The second-order valence-electron chi connectivity index (χ2n) is 7.25. The van der Waals surface area contributed by atoms with Gasteiger partial charge >= 0.3 is 0 Å². The Hall–Kier alpha value is -3.04. The first kappa shape index (κ1) is 21.7. The Morgan fingerprint density at radius 1 is 1.20 bits per heavy atom. The van der Waals surface area contributed by atoms with Crippen molar-refractivity contribution in [3.8, 4) is 22.2 Å². The van der Waals surface area contributed by atoms with Crippen molar-refractivity contribution in [3.63, 3.8) is 0 Å². The van der Waals surface area contributed by atoms with E-state index in [-0.39, 0.29) is 17.7 Å². The Balaban J connectivity index is 1.71. The van der Waals surface area contributed by atoms with Crippen LogP contribution in [-0.4, -0.2) is 47.1 Å². The van der Waals surface area contributed by atoms with Crippen molar-refractivity contribution in [1.29, 1.82) is 0 Å². The van der Waals surface area contributed by atoms with E-state index in [0.29, 0.717) is 23.7 Å². The van der Waals surface area contributed by atoms with Crippen molar-refractivity contribution in [2.75, 3.05) is 14.1 Å². The van der Waals surface area contributed by atoms with Crippen molar-refractivity contribution < 1.29 is 14.1 Å². The number of hydrogen-bond acceptors (Lipinski definition) is 7. The van der Waals surface area contributed by atoms with Crippen LogP contribution in [0.5, 0.6) is 0 Å². The number of benzene rings is 1. The number of carbonyl (C=O) groups is 2. The highest BCUT2D eigenvalue weighted by molar-refractivity contribution is 7.13. The Morgan fingerprint density at radius 2 is 1.93 bits per heavy atom. The number of rotatable bonds is 8. The summed E-state index contributed by atoms with van der Waals surface area (Å²) in [6.07, 6.45) is 0.545.